The van der Waals surface area contributed by atoms with E-state index in [0.717, 1.165) is 31.9 Å². The highest BCUT2D eigenvalue weighted by Crippen LogP contribution is 2.22. The van der Waals surface area contributed by atoms with Crippen molar-refractivity contribution in [1.29, 1.82) is 0 Å². The summed E-state index contributed by atoms with van der Waals surface area (Å²) in [5.74, 6) is 1.23. The molecule has 3 heterocycles. The summed E-state index contributed by atoms with van der Waals surface area (Å²) >= 11 is 0. The van der Waals surface area contributed by atoms with Gasteiger partial charge in [-0.2, -0.15) is 10.1 Å². The average Bonchev–Trinajstić information content (AvgIpc) is 2.79. The van der Waals surface area contributed by atoms with Crippen LogP contribution < -0.4 is 14.7 Å². The van der Waals surface area contributed by atoms with Crippen molar-refractivity contribution >= 4 is 17.5 Å². The van der Waals surface area contributed by atoms with Crippen LogP contribution in [0.2, 0.25) is 0 Å². The van der Waals surface area contributed by atoms with E-state index in [4.69, 9.17) is 4.98 Å². The highest BCUT2D eigenvalue weighted by atomic mass is 19.1. The topological polar surface area (TPSA) is 61.3 Å². The number of aromatic nitrogens is 4. The van der Waals surface area contributed by atoms with E-state index in [1.54, 1.807) is 24.7 Å². The molecule has 0 unspecified atom stereocenters. The van der Waals surface area contributed by atoms with E-state index in [9.17, 15) is 4.39 Å². The molecule has 29 heavy (non-hydrogen) atoms. The van der Waals surface area contributed by atoms with Crippen molar-refractivity contribution in [2.45, 2.75) is 6.42 Å². The third-order valence-electron chi connectivity index (χ3n) is 5.17. The first-order valence-corrected chi connectivity index (χ1v) is 9.75. The molecule has 0 saturated carbocycles. The van der Waals surface area contributed by atoms with Crippen LogP contribution >= 0.6 is 0 Å². The molecule has 1 fully saturated rings. The van der Waals surface area contributed by atoms with Crippen LogP contribution in [-0.2, 0) is 6.42 Å². The maximum absolute atomic E-state index is 14.0. The van der Waals surface area contributed by atoms with E-state index in [1.165, 1.54) is 11.6 Å². The molecule has 1 saturated heterocycles. The van der Waals surface area contributed by atoms with Crippen LogP contribution in [0.1, 0.15) is 5.56 Å². The van der Waals surface area contributed by atoms with Gasteiger partial charge in [0, 0.05) is 52.2 Å². The summed E-state index contributed by atoms with van der Waals surface area (Å²) in [5, 5.41) is 8.36. The van der Waals surface area contributed by atoms with Crippen LogP contribution in [0, 0.1) is 5.82 Å². The van der Waals surface area contributed by atoms with E-state index in [-0.39, 0.29) is 5.82 Å². The van der Waals surface area contributed by atoms with Crippen molar-refractivity contribution in [1.82, 2.24) is 20.2 Å². The largest absolute Gasteiger partial charge is 0.366 e. The Morgan fingerprint density at radius 1 is 1.00 bits per heavy atom. The van der Waals surface area contributed by atoms with Crippen molar-refractivity contribution in [2.24, 2.45) is 0 Å². The SMILES string of the molecule is CN(CCc1ccncc1)c1cnnc(N2CCN(c3ccccc3F)CC2)n1. The van der Waals surface area contributed by atoms with Crippen molar-refractivity contribution in [2.75, 3.05) is 54.5 Å². The normalized spacial score (nSPS) is 14.1. The Hall–Kier alpha value is -3.29. The predicted molar refractivity (Wildman–Crippen MR) is 112 cm³/mol. The molecular formula is C21H24FN7. The third-order valence-corrected chi connectivity index (χ3v) is 5.17. The second-order valence-electron chi connectivity index (χ2n) is 7.07. The lowest BCUT2D eigenvalue weighted by Crippen LogP contribution is -2.47. The molecular weight excluding hydrogens is 369 g/mol. The van der Waals surface area contributed by atoms with E-state index < -0.39 is 0 Å². The van der Waals surface area contributed by atoms with E-state index in [0.29, 0.717) is 24.7 Å². The first-order chi connectivity index (χ1) is 14.2. The van der Waals surface area contributed by atoms with Gasteiger partial charge in [-0.1, -0.05) is 12.1 Å². The molecule has 0 spiro atoms. The zero-order chi connectivity index (χ0) is 20.1. The number of anilines is 3. The molecule has 0 N–H and O–H groups in total. The smallest absolute Gasteiger partial charge is 0.247 e. The van der Waals surface area contributed by atoms with Gasteiger partial charge in [0.2, 0.25) is 5.95 Å². The Morgan fingerprint density at radius 3 is 2.48 bits per heavy atom. The highest BCUT2D eigenvalue weighted by molar-refractivity contribution is 5.50. The monoisotopic (exact) mass is 393 g/mol. The van der Waals surface area contributed by atoms with Crippen LogP contribution in [0.4, 0.5) is 21.8 Å². The summed E-state index contributed by atoms with van der Waals surface area (Å²) in [5.41, 5.74) is 1.88. The number of pyridine rings is 1. The molecule has 0 atom stereocenters. The molecule has 3 aromatic rings. The summed E-state index contributed by atoms with van der Waals surface area (Å²) in [6, 6.07) is 10.9. The quantitative estimate of drug-likeness (QED) is 0.637. The molecule has 0 amide bonds. The Labute approximate surface area is 169 Å². The predicted octanol–water partition coefficient (Wildman–Crippen LogP) is 2.41. The van der Waals surface area contributed by atoms with Crippen LogP contribution in [-0.4, -0.2) is 59.9 Å². The fraction of sp³-hybridized carbons (Fsp3) is 0.333. The van der Waals surface area contributed by atoms with Gasteiger partial charge in [0.25, 0.3) is 0 Å². The summed E-state index contributed by atoms with van der Waals surface area (Å²) in [4.78, 5) is 15.0. The van der Waals surface area contributed by atoms with Gasteiger partial charge >= 0.3 is 0 Å². The lowest BCUT2D eigenvalue weighted by Gasteiger charge is -2.36. The van der Waals surface area contributed by atoms with Crippen LogP contribution in [0.15, 0.2) is 55.0 Å². The van der Waals surface area contributed by atoms with E-state index in [2.05, 4.69) is 29.9 Å². The minimum atomic E-state index is -0.184. The number of hydrogen-bond acceptors (Lipinski definition) is 7. The Kier molecular flexibility index (Phi) is 5.79. The fourth-order valence-corrected chi connectivity index (χ4v) is 3.42. The number of likely N-dealkylation sites (N-methyl/N-ethyl adjacent to an activating group) is 1. The number of benzene rings is 1. The second kappa shape index (κ2) is 8.81. The van der Waals surface area contributed by atoms with Crippen molar-refractivity contribution < 1.29 is 4.39 Å². The minimum absolute atomic E-state index is 0.184. The number of piperazine rings is 1. The molecule has 0 bridgehead atoms. The first-order valence-electron chi connectivity index (χ1n) is 9.75. The lowest BCUT2D eigenvalue weighted by atomic mass is 10.2. The molecule has 1 aliphatic rings. The number of rotatable bonds is 6. The van der Waals surface area contributed by atoms with Gasteiger partial charge in [-0.05, 0) is 36.2 Å². The Morgan fingerprint density at radius 2 is 1.72 bits per heavy atom. The summed E-state index contributed by atoms with van der Waals surface area (Å²) in [7, 11) is 2.01. The van der Waals surface area contributed by atoms with Crippen molar-refractivity contribution in [3.8, 4) is 0 Å². The van der Waals surface area contributed by atoms with Crippen LogP contribution in [0.25, 0.3) is 0 Å². The highest BCUT2D eigenvalue weighted by Gasteiger charge is 2.21. The summed E-state index contributed by atoms with van der Waals surface area (Å²) < 4.78 is 14.0. The summed E-state index contributed by atoms with van der Waals surface area (Å²) in [6.07, 6.45) is 6.20. The second-order valence-corrected chi connectivity index (χ2v) is 7.07. The molecule has 0 radical (unpaired) electrons. The lowest BCUT2D eigenvalue weighted by molar-refractivity contribution is 0.592. The molecule has 7 nitrogen and oxygen atoms in total. The molecule has 8 heteroatoms. The zero-order valence-corrected chi connectivity index (χ0v) is 16.4. The van der Waals surface area contributed by atoms with Gasteiger partial charge in [-0.25, -0.2) is 4.39 Å². The first kappa shape index (κ1) is 19.0. The number of hydrogen-bond donors (Lipinski definition) is 0. The fourth-order valence-electron chi connectivity index (χ4n) is 3.42. The van der Waals surface area contributed by atoms with Gasteiger partial charge in [-0.15, -0.1) is 5.10 Å². The molecule has 4 rings (SSSR count). The minimum Gasteiger partial charge on any atom is -0.366 e. The maximum Gasteiger partial charge on any atom is 0.247 e. The van der Waals surface area contributed by atoms with Gasteiger partial charge in [-0.3, -0.25) is 4.98 Å². The van der Waals surface area contributed by atoms with Crippen molar-refractivity contribution in [3.63, 3.8) is 0 Å². The van der Waals surface area contributed by atoms with Crippen LogP contribution in [0.3, 0.4) is 0 Å². The van der Waals surface area contributed by atoms with Gasteiger partial charge in [0.05, 0.1) is 11.9 Å². The molecule has 2 aromatic heterocycles. The molecule has 150 valence electrons. The van der Waals surface area contributed by atoms with E-state index >= 15 is 0 Å². The maximum atomic E-state index is 14.0. The molecule has 0 aliphatic carbocycles. The van der Waals surface area contributed by atoms with Gasteiger partial charge in [0.1, 0.15) is 5.82 Å². The van der Waals surface area contributed by atoms with Crippen molar-refractivity contribution in [3.05, 3.63) is 66.4 Å². The number of halogens is 1. The standard InChI is InChI=1S/C21H24FN7/c1-27(11-8-17-6-9-23-10-7-17)20-16-24-26-21(25-20)29-14-12-28(13-15-29)19-5-3-2-4-18(19)22/h2-7,9-10,16H,8,11-15H2,1H3. The molecule has 1 aromatic carbocycles. The Balaban J connectivity index is 1.37. The zero-order valence-electron chi connectivity index (χ0n) is 16.4. The van der Waals surface area contributed by atoms with Gasteiger partial charge < -0.3 is 14.7 Å². The molecule has 1 aliphatic heterocycles. The van der Waals surface area contributed by atoms with Gasteiger partial charge in [0.15, 0.2) is 5.82 Å². The van der Waals surface area contributed by atoms with E-state index in [1.807, 2.05) is 31.3 Å². The number of nitrogens with zero attached hydrogens (tertiary/aromatic N) is 7. The summed E-state index contributed by atoms with van der Waals surface area (Å²) in [6.45, 7) is 3.70. The Bertz CT molecular complexity index is 929. The average molecular weight is 393 g/mol. The third kappa shape index (κ3) is 4.59. The number of para-hydroxylation sites is 1. The van der Waals surface area contributed by atoms with Crippen LogP contribution in [0.5, 0.6) is 0 Å².